The van der Waals surface area contributed by atoms with Crippen LogP contribution in [-0.2, 0) is 0 Å². The van der Waals surface area contributed by atoms with E-state index < -0.39 is 12.1 Å². The number of likely N-dealkylation sites (N-methyl/N-ethyl adjacent to an activating group) is 1. The molecular formula is C33H35N5O5S. The third kappa shape index (κ3) is 6.90. The highest BCUT2D eigenvalue weighted by atomic mass is 32.1. The van der Waals surface area contributed by atoms with Gasteiger partial charge >= 0.3 is 6.03 Å². The number of thiazole rings is 1. The number of ether oxygens (including phenoxy) is 1. The normalized spacial score (nSPS) is 17.0. The van der Waals surface area contributed by atoms with E-state index in [1.54, 1.807) is 67.5 Å². The fourth-order valence-electron chi connectivity index (χ4n) is 4.98. The summed E-state index contributed by atoms with van der Waals surface area (Å²) in [7, 11) is 1.68. The second-order valence-corrected chi connectivity index (χ2v) is 11.7. The summed E-state index contributed by atoms with van der Waals surface area (Å²) in [6.45, 7) is 4.01. The van der Waals surface area contributed by atoms with E-state index in [0.29, 0.717) is 23.5 Å². The van der Waals surface area contributed by atoms with Crippen molar-refractivity contribution in [3.8, 4) is 16.3 Å². The van der Waals surface area contributed by atoms with E-state index in [2.05, 4.69) is 15.6 Å². The van der Waals surface area contributed by atoms with Crippen molar-refractivity contribution in [1.82, 2.24) is 14.8 Å². The highest BCUT2D eigenvalue weighted by Gasteiger charge is 2.35. The van der Waals surface area contributed by atoms with Crippen molar-refractivity contribution >= 4 is 40.6 Å². The number of rotatable bonds is 8. The summed E-state index contributed by atoms with van der Waals surface area (Å²) < 4.78 is 6.54. The Balaban J connectivity index is 1.42. The molecule has 0 saturated heterocycles. The van der Waals surface area contributed by atoms with Crippen molar-refractivity contribution < 1.29 is 24.2 Å². The molecule has 0 bridgehead atoms. The fourth-order valence-corrected chi connectivity index (χ4v) is 5.62. The molecule has 0 aliphatic carbocycles. The SMILES string of the molecule is C[C@@H]1CN([C@H](C)CO)C(=O)c2cccc(NC(=O)c3ccc(-c4nccs4)cc3)c2O[C@H]1CN(C)C(=O)Nc1ccccc1. The summed E-state index contributed by atoms with van der Waals surface area (Å²) in [4.78, 5) is 47.6. The summed E-state index contributed by atoms with van der Waals surface area (Å²) in [5, 5.41) is 18.5. The first-order chi connectivity index (χ1) is 21.2. The van der Waals surface area contributed by atoms with Gasteiger partial charge in [0.05, 0.1) is 30.4 Å². The number of para-hydroxylation sites is 2. The molecule has 3 N–H and O–H groups in total. The average molecular weight is 614 g/mol. The minimum atomic E-state index is -0.544. The quantitative estimate of drug-likeness (QED) is 0.243. The highest BCUT2D eigenvalue weighted by Crippen LogP contribution is 2.35. The van der Waals surface area contributed by atoms with E-state index in [1.165, 1.54) is 16.2 Å². The van der Waals surface area contributed by atoms with Crippen LogP contribution in [0.5, 0.6) is 5.75 Å². The lowest BCUT2D eigenvalue weighted by Gasteiger charge is -2.38. The van der Waals surface area contributed by atoms with Gasteiger partial charge in [-0.1, -0.05) is 43.3 Å². The molecule has 3 aromatic carbocycles. The predicted molar refractivity (Wildman–Crippen MR) is 171 cm³/mol. The van der Waals surface area contributed by atoms with E-state index in [0.717, 1.165) is 10.6 Å². The molecule has 11 heteroatoms. The summed E-state index contributed by atoms with van der Waals surface area (Å²) >= 11 is 1.51. The van der Waals surface area contributed by atoms with Gasteiger partial charge in [-0.3, -0.25) is 9.59 Å². The number of hydrogen-bond acceptors (Lipinski definition) is 7. The number of carbonyl (C=O) groups is 3. The van der Waals surface area contributed by atoms with Crippen molar-refractivity contribution in [2.75, 3.05) is 37.4 Å². The van der Waals surface area contributed by atoms with Crippen molar-refractivity contribution in [2.45, 2.75) is 26.0 Å². The number of aliphatic hydroxyl groups excluding tert-OH is 1. The van der Waals surface area contributed by atoms with Crippen LogP contribution in [0.25, 0.3) is 10.6 Å². The summed E-state index contributed by atoms with van der Waals surface area (Å²) in [6, 6.07) is 20.5. The monoisotopic (exact) mass is 613 g/mol. The summed E-state index contributed by atoms with van der Waals surface area (Å²) in [5.41, 5.74) is 2.59. The van der Waals surface area contributed by atoms with E-state index >= 15 is 0 Å². The van der Waals surface area contributed by atoms with Gasteiger partial charge in [0.25, 0.3) is 11.8 Å². The summed E-state index contributed by atoms with van der Waals surface area (Å²) in [5.74, 6) is -0.693. The number of fused-ring (bicyclic) bond motifs is 1. The first-order valence-corrected chi connectivity index (χ1v) is 15.2. The molecule has 0 radical (unpaired) electrons. The Bertz CT molecular complexity index is 1600. The molecule has 1 aliphatic heterocycles. The highest BCUT2D eigenvalue weighted by molar-refractivity contribution is 7.13. The molecule has 228 valence electrons. The van der Waals surface area contributed by atoms with Crippen molar-refractivity contribution in [3.05, 3.63) is 95.5 Å². The Morgan fingerprint density at radius 2 is 1.84 bits per heavy atom. The molecule has 4 aromatic rings. The van der Waals surface area contributed by atoms with Crippen LogP contribution in [0.4, 0.5) is 16.2 Å². The van der Waals surface area contributed by atoms with E-state index in [1.807, 2.05) is 42.6 Å². The first kappa shape index (κ1) is 30.7. The second kappa shape index (κ2) is 13.7. The zero-order valence-corrected chi connectivity index (χ0v) is 25.6. The van der Waals surface area contributed by atoms with Crippen LogP contribution in [0.15, 0.2) is 84.4 Å². The third-order valence-electron chi connectivity index (χ3n) is 7.59. The van der Waals surface area contributed by atoms with Gasteiger partial charge < -0.3 is 30.3 Å². The number of nitrogens with one attached hydrogen (secondary N) is 2. The van der Waals surface area contributed by atoms with E-state index in [9.17, 15) is 19.5 Å². The standard InChI is InChI=1S/C33H35N5O5S/c1-21-18-38(22(2)20-39)32(41)26-10-7-11-27(36-30(40)23-12-14-24(15-13-23)31-34-16-17-44-31)29(26)43-28(21)19-37(3)33(42)35-25-8-5-4-6-9-25/h4-17,21-22,28,39H,18-20H2,1-3H3,(H,35,42)(H,36,40)/t21-,22-,28+/m1/s1. The maximum atomic E-state index is 13.8. The Hall–Kier alpha value is -4.74. The van der Waals surface area contributed by atoms with Crippen LogP contribution in [0.3, 0.4) is 0 Å². The second-order valence-electron chi connectivity index (χ2n) is 10.9. The lowest BCUT2D eigenvalue weighted by molar-refractivity contribution is 0.0372. The minimum absolute atomic E-state index is 0.204. The Labute approximate surface area is 260 Å². The van der Waals surface area contributed by atoms with Gasteiger partial charge in [-0.2, -0.15) is 0 Å². The smallest absolute Gasteiger partial charge is 0.321 e. The zero-order chi connectivity index (χ0) is 31.2. The van der Waals surface area contributed by atoms with Gasteiger partial charge in [0, 0.05) is 47.9 Å². The largest absolute Gasteiger partial charge is 0.485 e. The van der Waals surface area contributed by atoms with Crippen LogP contribution < -0.4 is 15.4 Å². The van der Waals surface area contributed by atoms with Crippen LogP contribution in [-0.4, -0.2) is 76.6 Å². The number of carbonyl (C=O) groups excluding carboxylic acids is 3. The molecule has 0 fully saturated rings. The van der Waals surface area contributed by atoms with Crippen LogP contribution in [0.2, 0.25) is 0 Å². The number of nitrogens with zero attached hydrogens (tertiary/aromatic N) is 3. The number of aromatic nitrogens is 1. The van der Waals surface area contributed by atoms with Gasteiger partial charge in [-0.15, -0.1) is 11.3 Å². The van der Waals surface area contributed by atoms with Crippen LogP contribution in [0.1, 0.15) is 34.6 Å². The number of anilines is 2. The number of hydrogen-bond donors (Lipinski definition) is 3. The number of benzene rings is 3. The van der Waals surface area contributed by atoms with Crippen LogP contribution >= 0.6 is 11.3 Å². The number of urea groups is 1. The first-order valence-electron chi connectivity index (χ1n) is 14.3. The zero-order valence-electron chi connectivity index (χ0n) is 24.8. The average Bonchev–Trinajstić information content (AvgIpc) is 3.58. The molecule has 4 amide bonds. The molecule has 0 unspecified atom stereocenters. The molecular weight excluding hydrogens is 578 g/mol. The summed E-state index contributed by atoms with van der Waals surface area (Å²) in [6.07, 6.45) is 1.19. The van der Waals surface area contributed by atoms with Crippen LogP contribution in [0, 0.1) is 5.92 Å². The molecule has 3 atom stereocenters. The molecule has 1 aromatic heterocycles. The Kier molecular flexibility index (Phi) is 9.56. The maximum absolute atomic E-state index is 13.8. The molecule has 44 heavy (non-hydrogen) atoms. The Morgan fingerprint density at radius 3 is 2.52 bits per heavy atom. The van der Waals surface area contributed by atoms with Gasteiger partial charge in [0.15, 0.2) is 5.75 Å². The number of amides is 4. The minimum Gasteiger partial charge on any atom is -0.485 e. The number of aliphatic hydroxyl groups is 1. The molecule has 1 aliphatic rings. The van der Waals surface area contributed by atoms with Gasteiger partial charge in [0.2, 0.25) is 0 Å². The lowest BCUT2D eigenvalue weighted by Crippen LogP contribution is -2.50. The van der Waals surface area contributed by atoms with E-state index in [4.69, 9.17) is 4.74 Å². The van der Waals surface area contributed by atoms with Gasteiger partial charge in [0.1, 0.15) is 11.1 Å². The van der Waals surface area contributed by atoms with E-state index in [-0.39, 0.29) is 48.2 Å². The molecule has 5 rings (SSSR count). The molecule has 0 spiro atoms. The fraction of sp³-hybridized carbons (Fsp3) is 0.273. The molecule has 2 heterocycles. The van der Waals surface area contributed by atoms with Crippen molar-refractivity contribution in [2.24, 2.45) is 5.92 Å². The maximum Gasteiger partial charge on any atom is 0.321 e. The van der Waals surface area contributed by atoms with Gasteiger partial charge in [-0.25, -0.2) is 9.78 Å². The molecule has 0 saturated carbocycles. The third-order valence-corrected chi connectivity index (χ3v) is 8.41. The lowest BCUT2D eigenvalue weighted by atomic mass is 9.99. The topological polar surface area (TPSA) is 124 Å². The molecule has 10 nitrogen and oxygen atoms in total. The van der Waals surface area contributed by atoms with Gasteiger partial charge in [-0.05, 0) is 43.3 Å². The van der Waals surface area contributed by atoms with Crippen molar-refractivity contribution in [1.29, 1.82) is 0 Å². The Morgan fingerprint density at radius 1 is 1.09 bits per heavy atom. The predicted octanol–water partition coefficient (Wildman–Crippen LogP) is 5.45. The van der Waals surface area contributed by atoms with Crippen molar-refractivity contribution in [3.63, 3.8) is 0 Å².